The molecule has 1 amide bonds. The molecule has 0 unspecified atom stereocenters. The molecule has 2 aromatic carbocycles. The zero-order chi connectivity index (χ0) is 20.3. The smallest absolute Gasteiger partial charge is 0.292 e. The van der Waals surface area contributed by atoms with Gasteiger partial charge in [0.25, 0.3) is 5.69 Å². The van der Waals surface area contributed by atoms with Gasteiger partial charge in [-0.3, -0.25) is 19.8 Å². The lowest BCUT2D eigenvalue weighted by atomic mass is 9.98. The molecule has 1 aliphatic heterocycles. The van der Waals surface area contributed by atoms with Gasteiger partial charge in [0.2, 0.25) is 5.91 Å². The Morgan fingerprint density at radius 3 is 2.68 bits per heavy atom. The third-order valence-electron chi connectivity index (χ3n) is 4.84. The SMILES string of the molecule is CC1(C)CO[C@@H](c2ccccc2Cl)CN1CC(=O)Nc1ccccc1[N+](=O)[O-]. The van der Waals surface area contributed by atoms with Crippen LogP contribution in [-0.2, 0) is 9.53 Å². The van der Waals surface area contributed by atoms with Gasteiger partial charge in [0.15, 0.2) is 0 Å². The quantitative estimate of drug-likeness (QED) is 0.601. The maximum absolute atomic E-state index is 12.6. The number of nitro benzene ring substituents is 1. The first-order chi connectivity index (χ1) is 13.3. The van der Waals surface area contributed by atoms with Crippen LogP contribution in [0.1, 0.15) is 25.5 Å². The topological polar surface area (TPSA) is 84.7 Å². The Hall–Kier alpha value is -2.48. The van der Waals surface area contributed by atoms with Crippen LogP contribution in [0, 0.1) is 10.1 Å². The molecule has 1 saturated heterocycles. The van der Waals surface area contributed by atoms with E-state index in [-0.39, 0.29) is 35.5 Å². The number of ether oxygens (including phenoxy) is 1. The summed E-state index contributed by atoms with van der Waals surface area (Å²) in [7, 11) is 0. The molecule has 148 valence electrons. The highest BCUT2D eigenvalue weighted by Crippen LogP contribution is 2.33. The summed E-state index contributed by atoms with van der Waals surface area (Å²) in [5.41, 5.74) is 0.568. The fraction of sp³-hybridized carbons (Fsp3) is 0.350. The minimum absolute atomic E-state index is 0.0867. The maximum atomic E-state index is 12.6. The monoisotopic (exact) mass is 403 g/mol. The number of morpholine rings is 1. The lowest BCUT2D eigenvalue weighted by Gasteiger charge is -2.45. The lowest BCUT2D eigenvalue weighted by molar-refractivity contribution is -0.383. The van der Waals surface area contributed by atoms with Crippen molar-refractivity contribution in [3.63, 3.8) is 0 Å². The number of carbonyl (C=O) groups is 1. The van der Waals surface area contributed by atoms with Crippen molar-refractivity contribution in [2.75, 3.05) is 25.0 Å². The molecule has 28 heavy (non-hydrogen) atoms. The van der Waals surface area contributed by atoms with Crippen molar-refractivity contribution in [2.45, 2.75) is 25.5 Å². The average Bonchev–Trinajstić information content (AvgIpc) is 2.64. The largest absolute Gasteiger partial charge is 0.370 e. The number of nitrogens with zero attached hydrogens (tertiary/aromatic N) is 2. The van der Waals surface area contributed by atoms with Crippen LogP contribution in [-0.4, -0.2) is 41.0 Å². The van der Waals surface area contributed by atoms with Gasteiger partial charge >= 0.3 is 0 Å². The van der Waals surface area contributed by atoms with E-state index in [2.05, 4.69) is 5.32 Å². The molecule has 1 N–H and O–H groups in total. The molecule has 1 aliphatic rings. The van der Waals surface area contributed by atoms with E-state index in [4.69, 9.17) is 16.3 Å². The molecule has 0 bridgehead atoms. The number of rotatable bonds is 5. The number of halogens is 1. The van der Waals surface area contributed by atoms with Crippen LogP contribution in [0.25, 0.3) is 0 Å². The van der Waals surface area contributed by atoms with Crippen LogP contribution >= 0.6 is 11.6 Å². The molecule has 8 heteroatoms. The number of para-hydroxylation sites is 2. The van der Waals surface area contributed by atoms with Gasteiger partial charge in [-0.2, -0.15) is 0 Å². The number of nitro groups is 1. The molecule has 7 nitrogen and oxygen atoms in total. The lowest BCUT2D eigenvalue weighted by Crippen LogP contribution is -2.55. The molecule has 1 fully saturated rings. The van der Waals surface area contributed by atoms with Crippen molar-refractivity contribution in [1.82, 2.24) is 4.90 Å². The second-order valence-corrected chi connectivity index (χ2v) is 7.74. The summed E-state index contributed by atoms with van der Waals surface area (Å²) in [6.07, 6.45) is -0.249. The van der Waals surface area contributed by atoms with Gasteiger partial charge < -0.3 is 10.1 Å². The molecule has 0 saturated carbocycles. The summed E-state index contributed by atoms with van der Waals surface area (Å²) in [5.74, 6) is -0.317. The summed E-state index contributed by atoms with van der Waals surface area (Å²) in [6, 6.07) is 13.6. The van der Waals surface area contributed by atoms with E-state index >= 15 is 0 Å². The molecule has 1 heterocycles. The summed E-state index contributed by atoms with van der Waals surface area (Å²) < 4.78 is 5.99. The van der Waals surface area contributed by atoms with E-state index < -0.39 is 4.92 Å². The van der Waals surface area contributed by atoms with Crippen LogP contribution < -0.4 is 5.32 Å². The maximum Gasteiger partial charge on any atom is 0.292 e. The Kier molecular flexibility index (Phi) is 5.98. The fourth-order valence-corrected chi connectivity index (χ4v) is 3.46. The van der Waals surface area contributed by atoms with Gasteiger partial charge in [-0.05, 0) is 26.0 Å². The third kappa shape index (κ3) is 4.49. The van der Waals surface area contributed by atoms with Crippen molar-refractivity contribution < 1.29 is 14.5 Å². The number of benzene rings is 2. The van der Waals surface area contributed by atoms with Gasteiger partial charge in [0.05, 0.1) is 24.2 Å². The van der Waals surface area contributed by atoms with E-state index in [9.17, 15) is 14.9 Å². The number of hydrogen-bond donors (Lipinski definition) is 1. The van der Waals surface area contributed by atoms with Crippen molar-refractivity contribution in [1.29, 1.82) is 0 Å². The van der Waals surface area contributed by atoms with Gasteiger partial charge in [-0.25, -0.2) is 0 Å². The van der Waals surface area contributed by atoms with E-state index in [1.165, 1.54) is 12.1 Å². The second kappa shape index (κ2) is 8.26. The molecule has 3 rings (SSSR count). The van der Waals surface area contributed by atoms with Crippen molar-refractivity contribution >= 4 is 28.9 Å². The molecule has 0 spiro atoms. The normalized spacial score (nSPS) is 19.2. The van der Waals surface area contributed by atoms with Crippen LogP contribution in [0.4, 0.5) is 11.4 Å². The Bertz CT molecular complexity index is 887. The summed E-state index contributed by atoms with van der Waals surface area (Å²) in [5, 5.41) is 14.4. The molecule has 0 aliphatic carbocycles. The van der Waals surface area contributed by atoms with E-state index in [1.807, 2.05) is 43.0 Å². The second-order valence-electron chi connectivity index (χ2n) is 7.34. The van der Waals surface area contributed by atoms with E-state index in [0.29, 0.717) is 18.2 Å². The fourth-order valence-electron chi connectivity index (χ4n) is 3.20. The summed E-state index contributed by atoms with van der Waals surface area (Å²) in [4.78, 5) is 25.3. The molecular formula is C20H22ClN3O4. The number of anilines is 1. The molecule has 2 aromatic rings. The van der Waals surface area contributed by atoms with Crippen molar-refractivity contribution in [3.05, 3.63) is 69.2 Å². The minimum atomic E-state index is -0.512. The highest BCUT2D eigenvalue weighted by atomic mass is 35.5. The van der Waals surface area contributed by atoms with E-state index in [1.54, 1.807) is 12.1 Å². The number of nitrogens with one attached hydrogen (secondary N) is 1. The number of hydrogen-bond acceptors (Lipinski definition) is 5. The highest BCUT2D eigenvalue weighted by Gasteiger charge is 2.37. The highest BCUT2D eigenvalue weighted by molar-refractivity contribution is 6.31. The average molecular weight is 404 g/mol. The van der Waals surface area contributed by atoms with Crippen LogP contribution in [0.3, 0.4) is 0 Å². The van der Waals surface area contributed by atoms with E-state index in [0.717, 1.165) is 5.56 Å². The summed E-state index contributed by atoms with van der Waals surface area (Å²) >= 11 is 6.29. The molecule has 0 radical (unpaired) electrons. The molecule has 0 aromatic heterocycles. The number of carbonyl (C=O) groups excluding carboxylic acids is 1. The van der Waals surface area contributed by atoms with Gasteiger partial charge in [-0.1, -0.05) is 41.9 Å². The first-order valence-corrected chi connectivity index (χ1v) is 9.30. The van der Waals surface area contributed by atoms with Crippen LogP contribution in [0.15, 0.2) is 48.5 Å². The van der Waals surface area contributed by atoms with Gasteiger partial charge in [-0.15, -0.1) is 0 Å². The minimum Gasteiger partial charge on any atom is -0.370 e. The predicted molar refractivity (Wildman–Crippen MR) is 108 cm³/mol. The molecular weight excluding hydrogens is 382 g/mol. The zero-order valence-corrected chi connectivity index (χ0v) is 16.5. The number of amides is 1. The Morgan fingerprint density at radius 1 is 1.29 bits per heavy atom. The molecule has 1 atom stereocenters. The first kappa shape index (κ1) is 20.3. The Labute approximate surface area is 168 Å². The first-order valence-electron chi connectivity index (χ1n) is 8.92. The van der Waals surface area contributed by atoms with Gasteiger partial charge in [0, 0.05) is 28.7 Å². The summed E-state index contributed by atoms with van der Waals surface area (Å²) in [6.45, 7) is 4.99. The van der Waals surface area contributed by atoms with Gasteiger partial charge in [0.1, 0.15) is 5.69 Å². The standard InChI is InChI=1S/C20H22ClN3O4/c1-20(2)13-28-18(14-7-3-4-8-15(14)21)11-23(20)12-19(25)22-16-9-5-6-10-17(16)24(26)27/h3-10,18H,11-13H2,1-2H3,(H,22,25)/t18-/m1/s1. The zero-order valence-electron chi connectivity index (χ0n) is 15.7. The van der Waals surface area contributed by atoms with Crippen molar-refractivity contribution in [2.24, 2.45) is 0 Å². The Balaban J connectivity index is 1.73. The van der Waals surface area contributed by atoms with Crippen LogP contribution in [0.5, 0.6) is 0 Å². The van der Waals surface area contributed by atoms with Crippen molar-refractivity contribution in [3.8, 4) is 0 Å². The Morgan fingerprint density at radius 2 is 1.96 bits per heavy atom. The third-order valence-corrected chi connectivity index (χ3v) is 5.19. The predicted octanol–water partition coefficient (Wildman–Crippen LogP) is 4.04. The van der Waals surface area contributed by atoms with Crippen LogP contribution in [0.2, 0.25) is 5.02 Å².